The van der Waals surface area contributed by atoms with Crippen LogP contribution in [0.5, 0.6) is 0 Å². The molecule has 5 heteroatoms. The maximum absolute atomic E-state index is 12.9. The van der Waals surface area contributed by atoms with E-state index in [4.69, 9.17) is 9.47 Å². The van der Waals surface area contributed by atoms with Crippen LogP contribution in [0, 0.1) is 0 Å². The van der Waals surface area contributed by atoms with Gasteiger partial charge in [0, 0.05) is 40.2 Å². The molecule has 1 fully saturated rings. The quantitative estimate of drug-likeness (QED) is 0.835. The van der Waals surface area contributed by atoms with Gasteiger partial charge in [0.2, 0.25) is 0 Å². The zero-order chi connectivity index (χ0) is 18.4. The van der Waals surface area contributed by atoms with Crippen molar-refractivity contribution in [1.29, 1.82) is 0 Å². The molecule has 1 heterocycles. The van der Waals surface area contributed by atoms with E-state index in [2.05, 4.69) is 5.32 Å². The van der Waals surface area contributed by atoms with Gasteiger partial charge >= 0.3 is 6.03 Å². The van der Waals surface area contributed by atoms with Crippen molar-refractivity contribution in [3.05, 3.63) is 71.8 Å². The molecule has 1 N–H and O–H groups in total. The summed E-state index contributed by atoms with van der Waals surface area (Å²) in [6.07, 6.45) is 1.32. The molecular formula is C21H26N2O3. The molecule has 1 aliphatic heterocycles. The molecule has 0 saturated carbocycles. The minimum atomic E-state index is -0.574. The number of rotatable bonds is 5. The van der Waals surface area contributed by atoms with E-state index in [1.807, 2.05) is 65.6 Å². The van der Waals surface area contributed by atoms with Crippen molar-refractivity contribution in [2.75, 3.05) is 27.3 Å². The summed E-state index contributed by atoms with van der Waals surface area (Å²) < 4.78 is 11.0. The summed E-state index contributed by atoms with van der Waals surface area (Å²) in [5.74, 6) is -0.574. The van der Waals surface area contributed by atoms with Crippen molar-refractivity contribution in [2.45, 2.75) is 24.7 Å². The van der Waals surface area contributed by atoms with Gasteiger partial charge in [-0.1, -0.05) is 60.7 Å². The van der Waals surface area contributed by atoms with Gasteiger partial charge in [-0.3, -0.25) is 0 Å². The highest BCUT2D eigenvalue weighted by atomic mass is 16.7. The zero-order valence-corrected chi connectivity index (χ0v) is 15.4. The van der Waals surface area contributed by atoms with E-state index in [1.54, 1.807) is 14.2 Å². The maximum atomic E-state index is 12.9. The number of hydrogen-bond acceptors (Lipinski definition) is 3. The van der Waals surface area contributed by atoms with Gasteiger partial charge in [0.15, 0.2) is 5.79 Å². The number of methoxy groups -OCH3 is 2. The lowest BCUT2D eigenvalue weighted by molar-refractivity contribution is -0.226. The van der Waals surface area contributed by atoms with Crippen LogP contribution in [0.4, 0.5) is 4.79 Å². The Morgan fingerprint density at radius 1 is 0.923 bits per heavy atom. The molecule has 1 saturated heterocycles. The van der Waals surface area contributed by atoms with Gasteiger partial charge in [0.25, 0.3) is 0 Å². The number of carbonyl (C=O) groups excluding carboxylic acids is 1. The molecule has 1 aliphatic rings. The molecule has 5 nitrogen and oxygen atoms in total. The second-order valence-electron chi connectivity index (χ2n) is 6.51. The van der Waals surface area contributed by atoms with E-state index >= 15 is 0 Å². The number of likely N-dealkylation sites (tertiary alicyclic amines) is 1. The molecule has 0 spiro atoms. The van der Waals surface area contributed by atoms with Gasteiger partial charge in [-0.15, -0.1) is 0 Å². The van der Waals surface area contributed by atoms with Crippen LogP contribution in [0.15, 0.2) is 60.7 Å². The van der Waals surface area contributed by atoms with Crippen LogP contribution in [0.3, 0.4) is 0 Å². The van der Waals surface area contributed by atoms with E-state index in [9.17, 15) is 4.79 Å². The Bertz CT molecular complexity index is 652. The molecule has 0 aromatic heterocycles. The highest BCUT2D eigenvalue weighted by molar-refractivity contribution is 5.75. The fourth-order valence-corrected chi connectivity index (χ4v) is 3.41. The number of benzene rings is 2. The van der Waals surface area contributed by atoms with Crippen molar-refractivity contribution >= 4 is 6.03 Å². The molecule has 2 aromatic carbocycles. The number of nitrogens with zero attached hydrogens (tertiary/aromatic N) is 1. The number of nitrogens with one attached hydrogen (secondary N) is 1. The smallest absolute Gasteiger partial charge is 0.318 e. The molecule has 138 valence electrons. The number of ether oxygens (including phenoxy) is 2. The highest BCUT2D eigenvalue weighted by Gasteiger charge is 2.36. The second kappa shape index (κ2) is 8.34. The minimum Gasteiger partial charge on any atom is -0.353 e. The van der Waals surface area contributed by atoms with Gasteiger partial charge in [-0.05, 0) is 11.1 Å². The van der Waals surface area contributed by atoms with Crippen LogP contribution in [0.25, 0.3) is 0 Å². The molecule has 0 radical (unpaired) electrons. The summed E-state index contributed by atoms with van der Waals surface area (Å²) in [5.41, 5.74) is 2.12. The molecule has 0 bridgehead atoms. The fourth-order valence-electron chi connectivity index (χ4n) is 3.41. The Hall–Kier alpha value is -2.37. The van der Waals surface area contributed by atoms with Crippen LogP contribution < -0.4 is 5.32 Å². The van der Waals surface area contributed by atoms with Crippen molar-refractivity contribution < 1.29 is 14.3 Å². The molecule has 0 aliphatic carbocycles. The third-order valence-corrected chi connectivity index (χ3v) is 5.09. The Kier molecular flexibility index (Phi) is 5.91. The minimum absolute atomic E-state index is 0.0662. The third-order valence-electron chi connectivity index (χ3n) is 5.09. The zero-order valence-electron chi connectivity index (χ0n) is 15.4. The Morgan fingerprint density at radius 2 is 1.38 bits per heavy atom. The largest absolute Gasteiger partial charge is 0.353 e. The van der Waals surface area contributed by atoms with E-state index in [-0.39, 0.29) is 12.1 Å². The van der Waals surface area contributed by atoms with Gasteiger partial charge in [0.1, 0.15) is 0 Å². The molecule has 2 amide bonds. The summed E-state index contributed by atoms with van der Waals surface area (Å²) in [6, 6.07) is 19.8. The van der Waals surface area contributed by atoms with Crippen LogP contribution in [0.1, 0.15) is 30.0 Å². The monoisotopic (exact) mass is 354 g/mol. The summed E-state index contributed by atoms with van der Waals surface area (Å²) >= 11 is 0. The lowest BCUT2D eigenvalue weighted by Crippen LogP contribution is -2.51. The first-order chi connectivity index (χ1) is 12.7. The summed E-state index contributed by atoms with van der Waals surface area (Å²) in [4.78, 5) is 14.7. The lowest BCUT2D eigenvalue weighted by atomic mass is 9.98. The van der Waals surface area contributed by atoms with Gasteiger partial charge < -0.3 is 19.7 Å². The number of urea groups is 1. The van der Waals surface area contributed by atoms with Gasteiger partial charge in [0.05, 0.1) is 6.04 Å². The predicted molar refractivity (Wildman–Crippen MR) is 101 cm³/mol. The first kappa shape index (κ1) is 18.4. The highest BCUT2D eigenvalue weighted by Crippen LogP contribution is 2.27. The van der Waals surface area contributed by atoms with E-state index in [0.717, 1.165) is 11.1 Å². The third kappa shape index (κ3) is 4.06. The van der Waals surface area contributed by atoms with Crippen LogP contribution in [0.2, 0.25) is 0 Å². The summed E-state index contributed by atoms with van der Waals surface area (Å²) in [5, 5.41) is 3.19. The normalized spacial score (nSPS) is 16.5. The van der Waals surface area contributed by atoms with Crippen LogP contribution >= 0.6 is 0 Å². The average molecular weight is 354 g/mol. The Morgan fingerprint density at radius 3 is 1.81 bits per heavy atom. The van der Waals surface area contributed by atoms with Gasteiger partial charge in [-0.2, -0.15) is 0 Å². The van der Waals surface area contributed by atoms with Crippen molar-refractivity contribution in [1.82, 2.24) is 10.2 Å². The van der Waals surface area contributed by atoms with Crippen LogP contribution in [-0.2, 0) is 9.47 Å². The Labute approximate surface area is 154 Å². The Balaban J connectivity index is 1.73. The number of piperidine rings is 1. The molecule has 0 atom stereocenters. The predicted octanol–water partition coefficient (Wildman–Crippen LogP) is 3.57. The lowest BCUT2D eigenvalue weighted by Gasteiger charge is -2.40. The topological polar surface area (TPSA) is 50.8 Å². The van der Waals surface area contributed by atoms with Gasteiger partial charge in [-0.25, -0.2) is 4.79 Å². The van der Waals surface area contributed by atoms with Crippen LogP contribution in [-0.4, -0.2) is 44.0 Å². The first-order valence-electron chi connectivity index (χ1n) is 8.93. The number of hydrogen-bond donors (Lipinski definition) is 1. The van der Waals surface area contributed by atoms with Crippen molar-refractivity contribution in [2.24, 2.45) is 0 Å². The van der Waals surface area contributed by atoms with E-state index < -0.39 is 5.79 Å². The second-order valence-corrected chi connectivity index (χ2v) is 6.51. The number of amides is 2. The van der Waals surface area contributed by atoms with Crippen molar-refractivity contribution in [3.63, 3.8) is 0 Å². The van der Waals surface area contributed by atoms with E-state index in [0.29, 0.717) is 25.9 Å². The molecule has 3 rings (SSSR count). The molecular weight excluding hydrogens is 328 g/mol. The first-order valence-corrected chi connectivity index (χ1v) is 8.93. The van der Waals surface area contributed by atoms with Crippen molar-refractivity contribution in [3.8, 4) is 0 Å². The fraction of sp³-hybridized carbons (Fsp3) is 0.381. The number of carbonyl (C=O) groups is 1. The SMILES string of the molecule is COC1(OC)CCN(C(=O)NC(c2ccccc2)c2ccccc2)CC1. The average Bonchev–Trinajstić information content (AvgIpc) is 2.73. The summed E-state index contributed by atoms with van der Waals surface area (Å²) in [7, 11) is 3.31. The molecule has 0 unspecified atom stereocenters. The molecule has 2 aromatic rings. The molecule has 26 heavy (non-hydrogen) atoms. The summed E-state index contributed by atoms with van der Waals surface area (Å²) in [6.45, 7) is 1.20. The standard InChI is InChI=1S/C21H26N2O3/c1-25-21(26-2)13-15-23(16-14-21)20(24)22-19(17-9-5-3-6-10-17)18-11-7-4-8-12-18/h3-12,19H,13-16H2,1-2H3,(H,22,24). The van der Waals surface area contributed by atoms with E-state index in [1.165, 1.54) is 0 Å². The maximum Gasteiger partial charge on any atom is 0.318 e.